The van der Waals surface area contributed by atoms with E-state index in [1.165, 1.54) is 18.2 Å². The van der Waals surface area contributed by atoms with E-state index in [1.54, 1.807) is 0 Å². The summed E-state index contributed by atoms with van der Waals surface area (Å²) < 4.78 is 4.57. The third-order valence-electron chi connectivity index (χ3n) is 1.50. The molecule has 1 aromatic carbocycles. The molecule has 80 valence electrons. The van der Waals surface area contributed by atoms with E-state index in [1.807, 2.05) is 0 Å². The second kappa shape index (κ2) is 4.65. The molecular formula is C9H9ClN2O3. The molecule has 4 N–H and O–H groups in total. The summed E-state index contributed by atoms with van der Waals surface area (Å²) in [5.41, 5.74) is 10.8. The number of nitrogen functional groups attached to an aromatic ring is 1. The van der Waals surface area contributed by atoms with Crippen LogP contribution in [0.2, 0.25) is 5.02 Å². The predicted molar refractivity (Wildman–Crippen MR) is 55.3 cm³/mol. The summed E-state index contributed by atoms with van der Waals surface area (Å²) in [4.78, 5) is 21.7. The highest BCUT2D eigenvalue weighted by Crippen LogP contribution is 2.17. The van der Waals surface area contributed by atoms with Crippen LogP contribution in [0.3, 0.4) is 0 Å². The molecule has 0 bridgehead atoms. The number of amides is 1. The molecule has 0 aliphatic heterocycles. The number of hydrogen-bond donors (Lipinski definition) is 2. The molecule has 0 fully saturated rings. The van der Waals surface area contributed by atoms with Gasteiger partial charge in [-0.25, -0.2) is 4.79 Å². The predicted octanol–water partition coefficient (Wildman–Crippen LogP) is 0.564. The summed E-state index contributed by atoms with van der Waals surface area (Å²) in [6.45, 7) is -0.467. The monoisotopic (exact) mass is 228 g/mol. The molecule has 0 atom stereocenters. The summed E-state index contributed by atoms with van der Waals surface area (Å²) in [6, 6.07) is 4.28. The average molecular weight is 229 g/mol. The number of primary amides is 1. The number of carbonyl (C=O) groups is 2. The molecule has 0 aromatic heterocycles. The van der Waals surface area contributed by atoms with E-state index in [9.17, 15) is 9.59 Å². The van der Waals surface area contributed by atoms with Gasteiger partial charge in [-0.2, -0.15) is 0 Å². The van der Waals surface area contributed by atoms with Crippen LogP contribution >= 0.6 is 11.6 Å². The average Bonchev–Trinajstić information content (AvgIpc) is 2.12. The summed E-state index contributed by atoms with van der Waals surface area (Å²) in [7, 11) is 0. The standard InChI is InChI=1S/C9H9ClN2O3/c10-6-1-5(2-7(11)3-6)9(14)15-4-8(12)13/h1-3H,4,11H2,(H2,12,13). The molecule has 0 saturated heterocycles. The Bertz CT molecular complexity index is 386. The van der Waals surface area contributed by atoms with Crippen molar-refractivity contribution < 1.29 is 14.3 Å². The molecule has 0 heterocycles. The first kappa shape index (κ1) is 11.3. The van der Waals surface area contributed by atoms with Crippen molar-refractivity contribution in [3.05, 3.63) is 28.8 Å². The third-order valence-corrected chi connectivity index (χ3v) is 1.72. The van der Waals surface area contributed by atoms with E-state index in [4.69, 9.17) is 23.1 Å². The smallest absolute Gasteiger partial charge is 0.338 e. The van der Waals surface area contributed by atoms with E-state index in [-0.39, 0.29) is 5.56 Å². The number of anilines is 1. The van der Waals surface area contributed by atoms with Crippen molar-refractivity contribution in [3.8, 4) is 0 Å². The quantitative estimate of drug-likeness (QED) is 0.584. The van der Waals surface area contributed by atoms with Crippen molar-refractivity contribution in [1.29, 1.82) is 0 Å². The molecule has 6 heteroatoms. The van der Waals surface area contributed by atoms with Crippen LogP contribution in [0.1, 0.15) is 10.4 Å². The van der Waals surface area contributed by atoms with Crippen molar-refractivity contribution in [2.75, 3.05) is 12.3 Å². The normalized spacial score (nSPS) is 9.67. The van der Waals surface area contributed by atoms with Crippen LogP contribution in [0.15, 0.2) is 18.2 Å². The van der Waals surface area contributed by atoms with Gasteiger partial charge in [0.25, 0.3) is 5.91 Å². The fourth-order valence-electron chi connectivity index (χ4n) is 0.950. The maximum Gasteiger partial charge on any atom is 0.338 e. The first-order valence-electron chi connectivity index (χ1n) is 4.00. The Balaban J connectivity index is 2.77. The molecule has 15 heavy (non-hydrogen) atoms. The molecule has 1 amide bonds. The highest BCUT2D eigenvalue weighted by Gasteiger charge is 2.09. The van der Waals surface area contributed by atoms with Crippen LogP contribution in [0.4, 0.5) is 5.69 Å². The minimum Gasteiger partial charge on any atom is -0.452 e. The van der Waals surface area contributed by atoms with Gasteiger partial charge in [-0.3, -0.25) is 4.79 Å². The molecule has 0 aliphatic rings. The first-order valence-corrected chi connectivity index (χ1v) is 4.38. The summed E-state index contributed by atoms with van der Waals surface area (Å²) in [5, 5.41) is 0.320. The van der Waals surface area contributed by atoms with Gasteiger partial charge in [0.05, 0.1) is 5.56 Å². The van der Waals surface area contributed by atoms with Crippen molar-refractivity contribution >= 4 is 29.2 Å². The zero-order chi connectivity index (χ0) is 11.4. The number of benzene rings is 1. The van der Waals surface area contributed by atoms with Crippen molar-refractivity contribution in [1.82, 2.24) is 0 Å². The van der Waals surface area contributed by atoms with Crippen molar-refractivity contribution in [2.24, 2.45) is 5.73 Å². The highest BCUT2D eigenvalue weighted by atomic mass is 35.5. The second-order valence-corrected chi connectivity index (χ2v) is 3.25. The third kappa shape index (κ3) is 3.47. The number of hydrogen-bond acceptors (Lipinski definition) is 4. The topological polar surface area (TPSA) is 95.4 Å². The lowest BCUT2D eigenvalue weighted by molar-refractivity contribution is -0.121. The number of ether oxygens (including phenoxy) is 1. The Hall–Kier alpha value is -1.75. The SMILES string of the molecule is NC(=O)COC(=O)c1cc(N)cc(Cl)c1. The minimum absolute atomic E-state index is 0.182. The lowest BCUT2D eigenvalue weighted by Gasteiger charge is -2.03. The van der Waals surface area contributed by atoms with Crippen LogP contribution in [0, 0.1) is 0 Å². The van der Waals surface area contributed by atoms with Gasteiger partial charge in [0, 0.05) is 10.7 Å². The van der Waals surface area contributed by atoms with Gasteiger partial charge < -0.3 is 16.2 Å². The molecule has 5 nitrogen and oxygen atoms in total. The Kier molecular flexibility index (Phi) is 3.51. The first-order chi connectivity index (χ1) is 6.99. The number of halogens is 1. The Morgan fingerprint density at radius 2 is 2.00 bits per heavy atom. The summed E-state index contributed by atoms with van der Waals surface area (Å²) in [5.74, 6) is -1.42. The number of nitrogens with two attached hydrogens (primary N) is 2. The maximum absolute atomic E-state index is 11.3. The van der Waals surface area contributed by atoms with Gasteiger partial charge in [-0.15, -0.1) is 0 Å². The van der Waals surface area contributed by atoms with Gasteiger partial charge in [0.1, 0.15) is 0 Å². The zero-order valence-electron chi connectivity index (χ0n) is 7.70. The van der Waals surface area contributed by atoms with E-state index < -0.39 is 18.5 Å². The van der Waals surface area contributed by atoms with Crippen molar-refractivity contribution in [3.63, 3.8) is 0 Å². The lowest BCUT2D eigenvalue weighted by atomic mass is 10.2. The summed E-state index contributed by atoms with van der Waals surface area (Å²) in [6.07, 6.45) is 0. The van der Waals surface area contributed by atoms with E-state index in [0.717, 1.165) is 0 Å². The minimum atomic E-state index is -0.724. The van der Waals surface area contributed by atoms with Crippen molar-refractivity contribution in [2.45, 2.75) is 0 Å². The fourth-order valence-corrected chi connectivity index (χ4v) is 1.19. The van der Waals surface area contributed by atoms with Crippen LogP contribution in [0.25, 0.3) is 0 Å². The second-order valence-electron chi connectivity index (χ2n) is 2.82. The van der Waals surface area contributed by atoms with Crippen LogP contribution in [-0.2, 0) is 9.53 Å². The molecule has 0 saturated carbocycles. The molecule has 0 radical (unpaired) electrons. The molecule has 1 aromatic rings. The largest absolute Gasteiger partial charge is 0.452 e. The lowest BCUT2D eigenvalue weighted by Crippen LogP contribution is -2.20. The van der Waals surface area contributed by atoms with Gasteiger partial charge in [-0.05, 0) is 18.2 Å². The van der Waals surface area contributed by atoms with Crippen LogP contribution in [-0.4, -0.2) is 18.5 Å². The Labute approximate surface area is 90.9 Å². The molecule has 0 spiro atoms. The van der Waals surface area contributed by atoms with Gasteiger partial charge in [0.2, 0.25) is 0 Å². The number of rotatable bonds is 3. The molecular weight excluding hydrogens is 220 g/mol. The highest BCUT2D eigenvalue weighted by molar-refractivity contribution is 6.31. The maximum atomic E-state index is 11.3. The summed E-state index contributed by atoms with van der Waals surface area (Å²) >= 11 is 5.68. The Morgan fingerprint density at radius 3 is 2.53 bits per heavy atom. The van der Waals surface area contributed by atoms with Gasteiger partial charge in [-0.1, -0.05) is 11.6 Å². The van der Waals surface area contributed by atoms with Crippen LogP contribution in [0.5, 0.6) is 0 Å². The van der Waals surface area contributed by atoms with E-state index >= 15 is 0 Å². The van der Waals surface area contributed by atoms with Crippen LogP contribution < -0.4 is 11.5 Å². The van der Waals surface area contributed by atoms with E-state index in [0.29, 0.717) is 10.7 Å². The van der Waals surface area contributed by atoms with E-state index in [2.05, 4.69) is 4.74 Å². The Morgan fingerprint density at radius 1 is 1.33 bits per heavy atom. The number of carbonyl (C=O) groups excluding carboxylic acids is 2. The van der Waals surface area contributed by atoms with Gasteiger partial charge >= 0.3 is 5.97 Å². The zero-order valence-corrected chi connectivity index (χ0v) is 8.45. The fraction of sp³-hybridized carbons (Fsp3) is 0.111. The number of esters is 1. The molecule has 1 rings (SSSR count). The molecule has 0 unspecified atom stereocenters. The molecule has 0 aliphatic carbocycles. The van der Waals surface area contributed by atoms with Gasteiger partial charge in [0.15, 0.2) is 6.61 Å².